The van der Waals surface area contributed by atoms with Crippen LogP contribution in [0.1, 0.15) is 96.8 Å². The Bertz CT molecular complexity index is 903. The van der Waals surface area contributed by atoms with Gasteiger partial charge in [0.05, 0.1) is 31.2 Å². The summed E-state index contributed by atoms with van der Waals surface area (Å²) in [5, 5.41) is 8.95. The number of unbranched alkanes of at least 4 members (excludes halogenated alkanes) is 12. The number of alkyl halides is 1. The second kappa shape index (κ2) is 22.4. The topological polar surface area (TPSA) is 69.5 Å². The summed E-state index contributed by atoms with van der Waals surface area (Å²) in [5.41, 5.74) is 1.60. The number of hydrogen-bond donors (Lipinski definition) is 0. The molecule has 0 atom stereocenters. The van der Waals surface area contributed by atoms with Crippen molar-refractivity contribution in [2.45, 2.75) is 96.8 Å². The number of halogens is 1. The fourth-order valence-corrected chi connectivity index (χ4v) is 4.25. The van der Waals surface area contributed by atoms with Crippen LogP contribution in [-0.4, -0.2) is 31.1 Å². The van der Waals surface area contributed by atoms with E-state index in [0.29, 0.717) is 6.61 Å². The van der Waals surface area contributed by atoms with E-state index in [-0.39, 0.29) is 11.3 Å². The first kappa shape index (κ1) is 32.8. The van der Waals surface area contributed by atoms with Crippen molar-refractivity contribution in [2.75, 3.05) is 25.2 Å². The van der Waals surface area contributed by atoms with Gasteiger partial charge in [0.1, 0.15) is 16.8 Å². The summed E-state index contributed by atoms with van der Waals surface area (Å²) in [6.07, 6.45) is 16.8. The van der Waals surface area contributed by atoms with Gasteiger partial charge in [0.15, 0.2) is 0 Å². The van der Waals surface area contributed by atoms with E-state index in [0.717, 1.165) is 61.8 Å². The highest BCUT2D eigenvalue weighted by molar-refractivity contribution is 9.09. The molecule has 39 heavy (non-hydrogen) atoms. The van der Waals surface area contributed by atoms with E-state index in [4.69, 9.17) is 14.2 Å². The Morgan fingerprint density at radius 3 is 1.38 bits per heavy atom. The van der Waals surface area contributed by atoms with Crippen molar-refractivity contribution in [3.05, 3.63) is 48.5 Å². The number of carbonyl (C=O) groups is 1. The second-order valence-corrected chi connectivity index (χ2v) is 10.4. The molecule has 2 aromatic carbocycles. The zero-order chi connectivity index (χ0) is 27.8. The number of nitrogens with zero attached hydrogens (tertiary/aromatic N) is 2. The molecule has 0 fully saturated rings. The third-order valence-corrected chi connectivity index (χ3v) is 6.86. The lowest BCUT2D eigenvalue weighted by Gasteiger charge is -2.07. The average molecular weight is 604 g/mol. The van der Waals surface area contributed by atoms with E-state index in [1.54, 1.807) is 0 Å². The molecule has 7 heteroatoms. The van der Waals surface area contributed by atoms with Gasteiger partial charge in [-0.1, -0.05) is 93.5 Å². The number of azo groups is 1. The van der Waals surface area contributed by atoms with Crippen LogP contribution in [0.2, 0.25) is 0 Å². The van der Waals surface area contributed by atoms with Gasteiger partial charge in [0.2, 0.25) is 0 Å². The van der Waals surface area contributed by atoms with Crippen LogP contribution in [0.5, 0.6) is 11.5 Å². The number of rotatable bonds is 23. The fourth-order valence-electron chi connectivity index (χ4n) is 4.09. The Hall–Kier alpha value is -2.41. The van der Waals surface area contributed by atoms with Crippen molar-refractivity contribution in [2.24, 2.45) is 10.2 Å². The molecule has 0 amide bonds. The molecular weight excluding hydrogens is 556 g/mol. The highest BCUT2D eigenvalue weighted by Crippen LogP contribution is 2.23. The predicted octanol–water partition coefficient (Wildman–Crippen LogP) is 10.3. The highest BCUT2D eigenvalue weighted by Gasteiger charge is 2.00. The van der Waals surface area contributed by atoms with Crippen molar-refractivity contribution in [3.63, 3.8) is 0 Å². The Labute approximate surface area is 244 Å². The van der Waals surface area contributed by atoms with Gasteiger partial charge in [-0.05, 0) is 67.8 Å². The van der Waals surface area contributed by atoms with Gasteiger partial charge in [0, 0.05) is 0 Å². The molecule has 0 N–H and O–H groups in total. The van der Waals surface area contributed by atoms with Gasteiger partial charge in [0.25, 0.3) is 0 Å². The summed E-state index contributed by atoms with van der Waals surface area (Å²) in [4.78, 5) is 11.0. The maximum atomic E-state index is 11.0. The summed E-state index contributed by atoms with van der Waals surface area (Å²) < 4.78 is 16.8. The maximum absolute atomic E-state index is 11.0. The molecule has 2 rings (SSSR count). The van der Waals surface area contributed by atoms with Crippen LogP contribution in [0, 0.1) is 0 Å². The van der Waals surface area contributed by atoms with E-state index in [2.05, 4.69) is 33.1 Å². The summed E-state index contributed by atoms with van der Waals surface area (Å²) in [7, 11) is 0. The van der Waals surface area contributed by atoms with Gasteiger partial charge in [-0.3, -0.25) is 4.79 Å². The number of carbonyl (C=O) groups excluding carboxylic acids is 1. The van der Waals surface area contributed by atoms with Crippen molar-refractivity contribution >= 4 is 33.3 Å². The summed E-state index contributed by atoms with van der Waals surface area (Å²) >= 11 is 3.09. The zero-order valence-corrected chi connectivity index (χ0v) is 25.3. The number of esters is 1. The quantitative estimate of drug-likeness (QED) is 0.0548. The van der Waals surface area contributed by atoms with Crippen LogP contribution in [-0.2, 0) is 9.53 Å². The lowest BCUT2D eigenvalue weighted by atomic mass is 10.1. The van der Waals surface area contributed by atoms with Gasteiger partial charge < -0.3 is 14.2 Å². The Morgan fingerprint density at radius 1 is 0.590 bits per heavy atom. The van der Waals surface area contributed by atoms with E-state index in [1.165, 1.54) is 64.2 Å². The summed E-state index contributed by atoms with van der Waals surface area (Å²) in [6.45, 7) is 4.27. The molecule has 0 radical (unpaired) electrons. The number of benzene rings is 2. The molecule has 0 saturated carbocycles. The molecule has 0 spiro atoms. The van der Waals surface area contributed by atoms with Crippen LogP contribution in [0.3, 0.4) is 0 Å². The molecule has 0 aromatic heterocycles. The number of hydrogen-bond acceptors (Lipinski definition) is 6. The molecular formula is C32H47BrN2O4. The highest BCUT2D eigenvalue weighted by atomic mass is 79.9. The fraction of sp³-hybridized carbons (Fsp3) is 0.594. The third kappa shape index (κ3) is 17.0. The first-order valence-electron chi connectivity index (χ1n) is 14.8. The minimum atomic E-state index is -0.180. The molecule has 0 aliphatic heterocycles. The summed E-state index contributed by atoms with van der Waals surface area (Å²) in [5.74, 6) is 1.56. The van der Waals surface area contributed by atoms with Crippen LogP contribution in [0.15, 0.2) is 58.8 Å². The molecule has 6 nitrogen and oxygen atoms in total. The first-order chi connectivity index (χ1) is 19.2. The van der Waals surface area contributed by atoms with Crippen molar-refractivity contribution in [1.82, 2.24) is 0 Å². The van der Waals surface area contributed by atoms with E-state index >= 15 is 0 Å². The van der Waals surface area contributed by atoms with Crippen molar-refractivity contribution in [3.8, 4) is 11.5 Å². The Balaban J connectivity index is 1.50. The monoisotopic (exact) mass is 602 g/mol. The van der Waals surface area contributed by atoms with Crippen LogP contribution in [0.25, 0.3) is 0 Å². The van der Waals surface area contributed by atoms with Gasteiger partial charge >= 0.3 is 5.97 Å². The van der Waals surface area contributed by atoms with Crippen molar-refractivity contribution in [1.29, 1.82) is 0 Å². The second-order valence-electron chi connectivity index (χ2n) is 9.84. The first-order valence-corrected chi connectivity index (χ1v) is 15.9. The smallest absolute Gasteiger partial charge is 0.316 e. The molecule has 0 heterocycles. The lowest BCUT2D eigenvalue weighted by Crippen LogP contribution is -2.06. The molecule has 0 unspecified atom stereocenters. The van der Waals surface area contributed by atoms with E-state index in [1.807, 2.05) is 48.5 Å². The van der Waals surface area contributed by atoms with Crippen LogP contribution in [0.4, 0.5) is 11.4 Å². The van der Waals surface area contributed by atoms with E-state index < -0.39 is 0 Å². The minimum Gasteiger partial charge on any atom is -0.494 e. The molecule has 2 aromatic rings. The predicted molar refractivity (Wildman–Crippen MR) is 163 cm³/mol. The van der Waals surface area contributed by atoms with E-state index in [9.17, 15) is 4.79 Å². The van der Waals surface area contributed by atoms with Crippen LogP contribution >= 0.6 is 15.9 Å². The average Bonchev–Trinajstić information content (AvgIpc) is 2.97. The molecule has 0 saturated heterocycles. The Kier molecular flexibility index (Phi) is 18.8. The van der Waals surface area contributed by atoms with Gasteiger partial charge in [-0.15, -0.1) is 0 Å². The minimum absolute atomic E-state index is 0.180. The Morgan fingerprint density at radius 2 is 0.974 bits per heavy atom. The SMILES string of the molecule is CCCCCCCCOc1ccc(N=Nc2ccc(OCCCCCCCCCCOC(=O)CBr)cc2)cc1. The molecule has 0 aliphatic rings. The van der Waals surface area contributed by atoms with Crippen LogP contribution < -0.4 is 9.47 Å². The molecule has 0 aliphatic carbocycles. The maximum Gasteiger partial charge on any atom is 0.316 e. The largest absolute Gasteiger partial charge is 0.494 e. The standard InChI is InChI=1S/C32H47BrN2O4/c1-2-3-4-5-10-13-24-37-30-20-16-28(17-21-30)34-35-29-18-22-31(23-19-29)38-25-14-11-8-6-7-9-12-15-26-39-32(36)27-33/h16-23H,2-15,24-27H2,1H3. The van der Waals surface area contributed by atoms with Gasteiger partial charge in [-0.2, -0.15) is 10.2 Å². The molecule has 216 valence electrons. The van der Waals surface area contributed by atoms with Gasteiger partial charge in [-0.25, -0.2) is 0 Å². The number of ether oxygens (including phenoxy) is 3. The summed E-state index contributed by atoms with van der Waals surface area (Å²) in [6, 6.07) is 15.5. The van der Waals surface area contributed by atoms with Crippen molar-refractivity contribution < 1.29 is 19.0 Å². The third-order valence-electron chi connectivity index (χ3n) is 6.40. The zero-order valence-electron chi connectivity index (χ0n) is 23.8. The molecule has 0 bridgehead atoms. The lowest BCUT2D eigenvalue weighted by molar-refractivity contribution is -0.140. The normalized spacial score (nSPS) is 11.1.